The van der Waals surface area contributed by atoms with Gasteiger partial charge in [-0.15, -0.1) is 0 Å². The first-order chi connectivity index (χ1) is 9.80. The van der Waals surface area contributed by atoms with Crippen molar-refractivity contribution in [3.05, 3.63) is 29.8 Å². The van der Waals surface area contributed by atoms with Crippen molar-refractivity contribution in [1.82, 2.24) is 10.6 Å². The van der Waals surface area contributed by atoms with E-state index in [1.807, 2.05) is 12.1 Å². The molecule has 2 N–H and O–H groups in total. The second-order valence-electron chi connectivity index (χ2n) is 4.70. The fourth-order valence-electron chi connectivity index (χ4n) is 1.76. The van der Waals surface area contributed by atoms with Crippen LogP contribution < -0.4 is 15.4 Å². The van der Waals surface area contributed by atoms with Crippen LogP contribution in [0.15, 0.2) is 29.3 Å². The maximum absolute atomic E-state index is 5.63. The van der Waals surface area contributed by atoms with Crippen LogP contribution in [0.1, 0.15) is 38.7 Å². The van der Waals surface area contributed by atoms with Crippen molar-refractivity contribution in [3.8, 4) is 5.75 Å². The van der Waals surface area contributed by atoms with Gasteiger partial charge in [0.15, 0.2) is 5.96 Å². The summed E-state index contributed by atoms with van der Waals surface area (Å²) in [5.74, 6) is 1.78. The standard InChI is InChI=1S/C16H27N3O/c1-4-6-10-18-16(17-3)19-13-14-8-7-9-15(12-14)20-11-5-2/h7-9,12H,4-6,10-11,13H2,1-3H3,(H2,17,18,19). The third kappa shape index (κ3) is 6.45. The minimum Gasteiger partial charge on any atom is -0.494 e. The van der Waals surface area contributed by atoms with E-state index >= 15 is 0 Å². The number of aliphatic imine (C=N–C) groups is 1. The molecule has 0 unspecified atom stereocenters. The van der Waals surface area contributed by atoms with Crippen molar-refractivity contribution < 1.29 is 4.74 Å². The molecule has 0 saturated heterocycles. The zero-order chi connectivity index (χ0) is 14.6. The van der Waals surface area contributed by atoms with Gasteiger partial charge in [0.05, 0.1) is 6.61 Å². The lowest BCUT2D eigenvalue weighted by atomic mass is 10.2. The molecule has 0 aliphatic heterocycles. The van der Waals surface area contributed by atoms with Crippen LogP contribution in [0.4, 0.5) is 0 Å². The number of ether oxygens (including phenoxy) is 1. The molecule has 0 aromatic heterocycles. The number of benzene rings is 1. The first kappa shape index (κ1) is 16.3. The molecular formula is C16H27N3O. The Morgan fingerprint density at radius 2 is 2.05 bits per heavy atom. The molecular weight excluding hydrogens is 250 g/mol. The zero-order valence-electron chi connectivity index (χ0n) is 12.9. The molecule has 112 valence electrons. The number of unbranched alkanes of at least 4 members (excludes halogenated alkanes) is 1. The van der Waals surface area contributed by atoms with Gasteiger partial charge in [-0.2, -0.15) is 0 Å². The van der Waals surface area contributed by atoms with Gasteiger partial charge < -0.3 is 15.4 Å². The van der Waals surface area contributed by atoms with E-state index in [2.05, 4.69) is 41.6 Å². The molecule has 4 heteroatoms. The summed E-state index contributed by atoms with van der Waals surface area (Å²) in [7, 11) is 1.79. The third-order valence-electron chi connectivity index (χ3n) is 2.88. The Balaban J connectivity index is 2.43. The fraction of sp³-hybridized carbons (Fsp3) is 0.562. The summed E-state index contributed by atoms with van der Waals surface area (Å²) in [4.78, 5) is 4.21. The number of hydrogen-bond acceptors (Lipinski definition) is 2. The Hall–Kier alpha value is -1.71. The molecule has 20 heavy (non-hydrogen) atoms. The lowest BCUT2D eigenvalue weighted by Gasteiger charge is -2.12. The summed E-state index contributed by atoms with van der Waals surface area (Å²) in [6.45, 7) is 6.75. The van der Waals surface area contributed by atoms with Gasteiger partial charge in [0.1, 0.15) is 5.75 Å². The quantitative estimate of drug-likeness (QED) is 0.436. The highest BCUT2D eigenvalue weighted by atomic mass is 16.5. The van der Waals surface area contributed by atoms with Gasteiger partial charge in [0.2, 0.25) is 0 Å². The first-order valence-corrected chi connectivity index (χ1v) is 7.46. The summed E-state index contributed by atoms with van der Waals surface area (Å²) in [5.41, 5.74) is 1.19. The Morgan fingerprint density at radius 3 is 2.75 bits per heavy atom. The van der Waals surface area contributed by atoms with E-state index < -0.39 is 0 Å². The van der Waals surface area contributed by atoms with E-state index in [1.54, 1.807) is 7.05 Å². The van der Waals surface area contributed by atoms with Crippen LogP contribution in [0, 0.1) is 0 Å². The average molecular weight is 277 g/mol. The molecule has 0 spiro atoms. The highest BCUT2D eigenvalue weighted by Crippen LogP contribution is 2.13. The van der Waals surface area contributed by atoms with Crippen LogP contribution in [0.2, 0.25) is 0 Å². The van der Waals surface area contributed by atoms with Crippen molar-refractivity contribution in [2.24, 2.45) is 4.99 Å². The second-order valence-corrected chi connectivity index (χ2v) is 4.70. The monoisotopic (exact) mass is 277 g/mol. The summed E-state index contributed by atoms with van der Waals surface area (Å²) in [6.07, 6.45) is 3.36. The van der Waals surface area contributed by atoms with Crippen LogP contribution in [0.3, 0.4) is 0 Å². The fourth-order valence-corrected chi connectivity index (χ4v) is 1.76. The smallest absolute Gasteiger partial charge is 0.191 e. The molecule has 0 aliphatic rings. The van der Waals surface area contributed by atoms with E-state index in [1.165, 1.54) is 12.0 Å². The maximum Gasteiger partial charge on any atom is 0.191 e. The minimum atomic E-state index is 0.745. The highest BCUT2D eigenvalue weighted by Gasteiger charge is 1.99. The van der Waals surface area contributed by atoms with Crippen molar-refractivity contribution in [1.29, 1.82) is 0 Å². The van der Waals surface area contributed by atoms with E-state index in [9.17, 15) is 0 Å². The van der Waals surface area contributed by atoms with Gasteiger partial charge in [-0.1, -0.05) is 32.4 Å². The number of guanidine groups is 1. The van der Waals surface area contributed by atoms with E-state index in [0.717, 1.165) is 44.2 Å². The van der Waals surface area contributed by atoms with E-state index in [4.69, 9.17) is 4.74 Å². The summed E-state index contributed by atoms with van der Waals surface area (Å²) < 4.78 is 5.63. The molecule has 0 bridgehead atoms. The summed E-state index contributed by atoms with van der Waals surface area (Å²) in [6, 6.07) is 8.18. The number of nitrogens with zero attached hydrogens (tertiary/aromatic N) is 1. The Morgan fingerprint density at radius 1 is 1.20 bits per heavy atom. The Kier molecular flexibility index (Phi) is 8.27. The topological polar surface area (TPSA) is 45.7 Å². The molecule has 0 heterocycles. The van der Waals surface area contributed by atoms with Crippen LogP contribution in [-0.2, 0) is 6.54 Å². The van der Waals surface area contributed by atoms with Gasteiger partial charge in [0.25, 0.3) is 0 Å². The molecule has 1 aromatic rings. The molecule has 0 amide bonds. The van der Waals surface area contributed by atoms with Gasteiger partial charge >= 0.3 is 0 Å². The van der Waals surface area contributed by atoms with Crippen molar-refractivity contribution in [2.75, 3.05) is 20.2 Å². The normalized spacial score (nSPS) is 11.2. The molecule has 1 rings (SSSR count). The average Bonchev–Trinajstić information content (AvgIpc) is 2.49. The zero-order valence-corrected chi connectivity index (χ0v) is 12.9. The van der Waals surface area contributed by atoms with Crippen LogP contribution in [0.25, 0.3) is 0 Å². The predicted octanol–water partition coefficient (Wildman–Crippen LogP) is 2.94. The summed E-state index contributed by atoms with van der Waals surface area (Å²) in [5, 5.41) is 6.61. The van der Waals surface area contributed by atoms with Gasteiger partial charge in [0, 0.05) is 20.1 Å². The molecule has 0 fully saturated rings. The lowest BCUT2D eigenvalue weighted by molar-refractivity contribution is 0.317. The third-order valence-corrected chi connectivity index (χ3v) is 2.88. The largest absolute Gasteiger partial charge is 0.494 e. The van der Waals surface area contributed by atoms with Gasteiger partial charge in [-0.3, -0.25) is 4.99 Å². The number of rotatable bonds is 8. The van der Waals surface area contributed by atoms with Crippen LogP contribution in [-0.4, -0.2) is 26.2 Å². The summed E-state index contributed by atoms with van der Waals surface area (Å²) >= 11 is 0. The van der Waals surface area contributed by atoms with Crippen LogP contribution >= 0.6 is 0 Å². The maximum atomic E-state index is 5.63. The first-order valence-electron chi connectivity index (χ1n) is 7.46. The molecule has 0 saturated carbocycles. The minimum absolute atomic E-state index is 0.745. The van der Waals surface area contributed by atoms with E-state index in [-0.39, 0.29) is 0 Å². The SMILES string of the molecule is CCCCNC(=NC)NCc1cccc(OCCC)c1. The van der Waals surface area contributed by atoms with Crippen LogP contribution in [0.5, 0.6) is 5.75 Å². The highest BCUT2D eigenvalue weighted by molar-refractivity contribution is 5.79. The van der Waals surface area contributed by atoms with Crippen molar-refractivity contribution in [3.63, 3.8) is 0 Å². The molecule has 0 radical (unpaired) electrons. The van der Waals surface area contributed by atoms with Gasteiger partial charge in [-0.05, 0) is 30.5 Å². The molecule has 1 aromatic carbocycles. The molecule has 4 nitrogen and oxygen atoms in total. The Labute approximate surface area is 122 Å². The van der Waals surface area contributed by atoms with Gasteiger partial charge in [-0.25, -0.2) is 0 Å². The molecule has 0 aliphatic carbocycles. The number of hydrogen-bond donors (Lipinski definition) is 2. The Bertz CT molecular complexity index is 404. The van der Waals surface area contributed by atoms with Crippen molar-refractivity contribution >= 4 is 5.96 Å². The lowest BCUT2D eigenvalue weighted by Crippen LogP contribution is -2.37. The predicted molar refractivity (Wildman–Crippen MR) is 85.3 cm³/mol. The second kappa shape index (κ2) is 10.1. The number of nitrogens with one attached hydrogen (secondary N) is 2. The van der Waals surface area contributed by atoms with Crippen molar-refractivity contribution in [2.45, 2.75) is 39.7 Å². The molecule has 0 atom stereocenters. The van der Waals surface area contributed by atoms with E-state index in [0.29, 0.717) is 0 Å².